The molecule has 0 aromatic heterocycles. The summed E-state index contributed by atoms with van der Waals surface area (Å²) in [7, 11) is 0.750. The summed E-state index contributed by atoms with van der Waals surface area (Å²) in [6.45, 7) is 12.8. The van der Waals surface area contributed by atoms with Gasteiger partial charge in [-0.2, -0.15) is 11.1 Å². The first-order chi connectivity index (χ1) is 7.99. The van der Waals surface area contributed by atoms with Crippen LogP contribution in [-0.4, -0.2) is 9.52 Å². The molecule has 0 fully saturated rings. The van der Waals surface area contributed by atoms with E-state index in [1.54, 1.807) is 0 Å². The Bertz CT molecular complexity index is 318. The van der Waals surface area contributed by atoms with E-state index in [0.717, 1.165) is 22.4 Å². The second-order valence-electron chi connectivity index (χ2n) is 4.63. The Morgan fingerprint density at radius 1 is 0.850 bits per heavy atom. The number of hydrogen-bond acceptors (Lipinski definition) is 0. The van der Waals surface area contributed by atoms with Gasteiger partial charge in [0.2, 0.25) is 0 Å². The normalized spacial score (nSPS) is 14.3. The third kappa shape index (κ3) is 16.4. The molecule has 0 atom stereocenters. The molecule has 2 aliphatic carbocycles. The molecule has 0 nitrogen and oxygen atoms in total. The fourth-order valence-electron chi connectivity index (χ4n) is 1.50. The minimum Gasteiger partial charge on any atom is -1.00 e. The van der Waals surface area contributed by atoms with Crippen molar-refractivity contribution in [3.63, 3.8) is 0 Å². The Labute approximate surface area is 155 Å². The van der Waals surface area contributed by atoms with Gasteiger partial charge < -0.3 is 19.8 Å². The van der Waals surface area contributed by atoms with E-state index in [1.165, 1.54) is 22.3 Å². The van der Waals surface area contributed by atoms with Crippen LogP contribution in [0.1, 0.15) is 40.5 Å². The molecule has 0 heterocycles. The Morgan fingerprint density at radius 2 is 1.10 bits per heavy atom. The fraction of sp³-hybridized carbons (Fsp3) is 0.471. The van der Waals surface area contributed by atoms with Crippen LogP contribution < -0.4 is 12.4 Å². The van der Waals surface area contributed by atoms with E-state index in [-0.39, 0.29) is 46.0 Å². The van der Waals surface area contributed by atoms with E-state index in [0.29, 0.717) is 0 Å². The molecule has 1 radical (unpaired) electrons. The van der Waals surface area contributed by atoms with Crippen LogP contribution in [0, 0.1) is 19.6 Å². The van der Waals surface area contributed by atoms with Crippen LogP contribution in [0.5, 0.6) is 0 Å². The first kappa shape index (κ1) is 28.5. The number of rotatable bonds is 0. The molecule has 2 rings (SSSR count). The maximum atomic E-state index is 3.19. The van der Waals surface area contributed by atoms with Gasteiger partial charge in [0, 0.05) is 9.52 Å². The molecule has 20 heavy (non-hydrogen) atoms. The first-order valence-electron chi connectivity index (χ1n) is 6.22. The Morgan fingerprint density at radius 3 is 1.15 bits per heavy atom. The predicted molar refractivity (Wildman–Crippen MR) is 86.9 cm³/mol. The van der Waals surface area contributed by atoms with E-state index in [2.05, 4.69) is 65.1 Å². The van der Waals surface area contributed by atoms with Crippen molar-refractivity contribution in [3.05, 3.63) is 54.0 Å². The molecule has 3 heteroatoms. The van der Waals surface area contributed by atoms with Gasteiger partial charge >= 0.3 is 26.2 Å². The maximum absolute atomic E-state index is 3.19. The van der Waals surface area contributed by atoms with Gasteiger partial charge in [-0.1, -0.05) is 40.8 Å². The van der Waals surface area contributed by atoms with E-state index < -0.39 is 0 Å². The monoisotopic (exact) mass is 385 g/mol. The summed E-state index contributed by atoms with van der Waals surface area (Å²) < 4.78 is 0. The molecule has 111 valence electrons. The summed E-state index contributed by atoms with van der Waals surface area (Å²) in [5.74, 6) is 0. The number of allylic oxidation sites excluding steroid dienone is 8. The van der Waals surface area contributed by atoms with Gasteiger partial charge in [0.15, 0.2) is 0 Å². The molecule has 0 aliphatic heterocycles. The molecule has 2 aliphatic rings. The summed E-state index contributed by atoms with van der Waals surface area (Å²) in [4.78, 5) is 0. The van der Waals surface area contributed by atoms with E-state index in [9.17, 15) is 0 Å². The van der Waals surface area contributed by atoms with Crippen molar-refractivity contribution in [1.29, 1.82) is 0 Å². The topological polar surface area (TPSA) is 0 Å². The van der Waals surface area contributed by atoms with Crippen LogP contribution in [0.15, 0.2) is 34.4 Å². The molecule has 0 bridgehead atoms. The number of hydrogen-bond donors (Lipinski definition) is 0. The van der Waals surface area contributed by atoms with Crippen LogP contribution in [0.4, 0.5) is 0 Å². The van der Waals surface area contributed by atoms with Gasteiger partial charge in [-0.05, 0) is 0 Å². The van der Waals surface area contributed by atoms with Crippen LogP contribution in [0.2, 0.25) is 13.1 Å². The van der Waals surface area contributed by atoms with Crippen molar-refractivity contribution in [2.75, 3.05) is 0 Å². The third-order valence-corrected chi connectivity index (χ3v) is 2.22. The van der Waals surface area contributed by atoms with Gasteiger partial charge in [0.1, 0.15) is 0 Å². The molecule has 0 N–H and O–H groups in total. The molecular weight excluding hydrogens is 359 g/mol. The first-order valence-corrected chi connectivity index (χ1v) is 8.53. The van der Waals surface area contributed by atoms with Gasteiger partial charge in [-0.3, -0.25) is 12.2 Å². The summed E-state index contributed by atoms with van der Waals surface area (Å²) in [6, 6.07) is 0. The zero-order valence-corrected chi connectivity index (χ0v) is 18.4. The Hall–Kier alpha value is 0.350. The average Bonchev–Trinajstić information content (AvgIpc) is 2.78. The zero-order valence-electron chi connectivity index (χ0n) is 14.0. The summed E-state index contributed by atoms with van der Waals surface area (Å²) in [5.41, 5.74) is 5.44. The third-order valence-electron chi connectivity index (χ3n) is 2.22. The van der Waals surface area contributed by atoms with Crippen molar-refractivity contribution in [1.82, 2.24) is 0 Å². The molecule has 0 aromatic rings. The second-order valence-corrected chi connectivity index (χ2v) is 5.79. The predicted octanol–water partition coefficient (Wildman–Crippen LogP) is 2.14. The summed E-state index contributed by atoms with van der Waals surface area (Å²) in [5, 5.41) is 0. The van der Waals surface area contributed by atoms with Crippen molar-refractivity contribution < 1.29 is 38.6 Å². The standard InChI is InChI=1S/2C7H9.C2H7Si.CH3.ClH.Zr/c2*1-6-3-4-7(2)5-6;1-3-2;;;/h2*5H,3H2,1-2H3;3H,1-2H3;1H3;1H;/q2*-1;;-1;;+4/p-1. The minimum absolute atomic E-state index is 0. The van der Waals surface area contributed by atoms with Gasteiger partial charge in [0.25, 0.3) is 0 Å². The molecule has 0 spiro atoms. The summed E-state index contributed by atoms with van der Waals surface area (Å²) >= 11 is 0. The average molecular weight is 387 g/mol. The molecule has 0 unspecified atom stereocenters. The van der Waals surface area contributed by atoms with Crippen LogP contribution >= 0.6 is 0 Å². The SMILES string of the molecule is CC1=[C-]CC(C)=C1.CC1=[C-]CC(C)=C1.C[SiH]C.[CH3-].[Cl-].[Zr+4]. The van der Waals surface area contributed by atoms with Crippen molar-refractivity contribution in [3.8, 4) is 0 Å². The largest absolute Gasteiger partial charge is 4.00 e. The van der Waals surface area contributed by atoms with Crippen LogP contribution in [-0.2, 0) is 26.2 Å². The quantitative estimate of drug-likeness (QED) is 0.442. The zero-order chi connectivity index (χ0) is 13.3. The Balaban J connectivity index is -0.0000000956. The van der Waals surface area contributed by atoms with E-state index in [4.69, 9.17) is 0 Å². The minimum atomic E-state index is 0. The van der Waals surface area contributed by atoms with Crippen molar-refractivity contribution in [2.45, 2.75) is 53.6 Å². The molecule has 0 saturated carbocycles. The second kappa shape index (κ2) is 17.4. The smallest absolute Gasteiger partial charge is 1.00 e. The number of halogens is 1. The maximum Gasteiger partial charge on any atom is 4.00 e. The van der Waals surface area contributed by atoms with Gasteiger partial charge in [-0.25, -0.2) is 23.3 Å². The molecule has 0 amide bonds. The fourth-order valence-corrected chi connectivity index (χ4v) is 1.50. The van der Waals surface area contributed by atoms with E-state index >= 15 is 0 Å². The Kier molecular flexibility index (Phi) is 24.8. The van der Waals surface area contributed by atoms with Crippen LogP contribution in [0.3, 0.4) is 0 Å². The van der Waals surface area contributed by atoms with Gasteiger partial charge in [0.05, 0.1) is 0 Å². The summed E-state index contributed by atoms with van der Waals surface area (Å²) in [6.07, 6.45) is 12.8. The van der Waals surface area contributed by atoms with Crippen molar-refractivity contribution >= 4 is 9.52 Å². The van der Waals surface area contributed by atoms with Crippen molar-refractivity contribution in [2.24, 2.45) is 0 Å². The van der Waals surface area contributed by atoms with E-state index in [1.807, 2.05) is 0 Å². The van der Waals surface area contributed by atoms with Crippen LogP contribution in [0.25, 0.3) is 0 Å². The van der Waals surface area contributed by atoms with Gasteiger partial charge in [-0.15, -0.1) is 12.8 Å². The molecule has 0 aromatic carbocycles. The molecular formula is C17H28ClSiZr. The molecule has 0 saturated heterocycles.